The highest BCUT2D eigenvalue weighted by molar-refractivity contribution is 9.10. The first kappa shape index (κ1) is 12.9. The lowest BCUT2D eigenvalue weighted by molar-refractivity contribution is 0.0880. The molecule has 1 N–H and O–H groups in total. The summed E-state index contributed by atoms with van der Waals surface area (Å²) in [4.78, 5) is 23.7. The van der Waals surface area contributed by atoms with Crippen LogP contribution in [0.25, 0.3) is 10.8 Å². The number of methoxy groups -OCH3 is 2. The normalized spacial score (nSPS) is 13.3. The Bertz CT molecular complexity index is 770. The van der Waals surface area contributed by atoms with E-state index in [2.05, 4.69) is 21.2 Å². The summed E-state index contributed by atoms with van der Waals surface area (Å²) in [6.45, 7) is 0. The van der Waals surface area contributed by atoms with Crippen LogP contribution in [0.2, 0.25) is 0 Å². The monoisotopic (exact) mass is 335 g/mol. The van der Waals surface area contributed by atoms with Gasteiger partial charge < -0.3 is 9.47 Å². The molecule has 2 aromatic rings. The molecule has 0 aromatic heterocycles. The topological polar surface area (TPSA) is 64.6 Å². The number of rotatable bonds is 2. The standard InChI is InChI=1S/C14H10BrNO4/c1-19-10-4-6-7(5-11(10)20-2)12-8(3-9(6)15)13(17)16-14(12)18/h3-5H,1-2H3,(H,16,17,18). The second-order valence-electron chi connectivity index (χ2n) is 4.32. The van der Waals surface area contributed by atoms with Crippen LogP contribution in [0.15, 0.2) is 22.7 Å². The van der Waals surface area contributed by atoms with Gasteiger partial charge in [0, 0.05) is 15.2 Å². The number of hydrogen-bond acceptors (Lipinski definition) is 4. The molecular weight excluding hydrogens is 326 g/mol. The molecule has 0 saturated carbocycles. The highest BCUT2D eigenvalue weighted by Gasteiger charge is 2.30. The fraction of sp³-hybridized carbons (Fsp3) is 0.143. The van der Waals surface area contributed by atoms with Crippen LogP contribution in [0.3, 0.4) is 0 Å². The highest BCUT2D eigenvalue weighted by Crippen LogP contribution is 2.39. The molecule has 0 aliphatic carbocycles. The van der Waals surface area contributed by atoms with Crippen molar-refractivity contribution in [2.75, 3.05) is 14.2 Å². The zero-order valence-corrected chi connectivity index (χ0v) is 12.3. The second kappa shape index (κ2) is 4.49. The van der Waals surface area contributed by atoms with Gasteiger partial charge in [-0.1, -0.05) is 15.9 Å². The number of nitrogens with one attached hydrogen (secondary N) is 1. The molecule has 2 aromatic carbocycles. The van der Waals surface area contributed by atoms with Crippen LogP contribution >= 0.6 is 15.9 Å². The van der Waals surface area contributed by atoms with E-state index in [1.54, 1.807) is 25.3 Å². The minimum absolute atomic E-state index is 0.363. The molecule has 0 fully saturated rings. The summed E-state index contributed by atoms with van der Waals surface area (Å²) >= 11 is 3.42. The third-order valence-corrected chi connectivity index (χ3v) is 3.95. The van der Waals surface area contributed by atoms with Crippen molar-refractivity contribution in [3.8, 4) is 11.5 Å². The van der Waals surface area contributed by atoms with Gasteiger partial charge in [0.1, 0.15) is 0 Å². The Labute approximate surface area is 123 Å². The van der Waals surface area contributed by atoms with E-state index >= 15 is 0 Å². The zero-order valence-electron chi connectivity index (χ0n) is 10.7. The van der Waals surface area contributed by atoms with Gasteiger partial charge in [0.05, 0.1) is 25.3 Å². The summed E-state index contributed by atoms with van der Waals surface area (Å²) in [5, 5.41) is 3.73. The average Bonchev–Trinajstić information content (AvgIpc) is 2.72. The molecule has 1 heterocycles. The van der Waals surface area contributed by atoms with Gasteiger partial charge in [-0.2, -0.15) is 0 Å². The Kier molecular flexibility index (Phi) is 2.90. The summed E-state index contributed by atoms with van der Waals surface area (Å²) in [5.74, 6) is 0.287. The van der Waals surface area contributed by atoms with E-state index in [1.165, 1.54) is 7.11 Å². The van der Waals surface area contributed by atoms with Crippen LogP contribution in [-0.4, -0.2) is 26.0 Å². The molecule has 0 bridgehead atoms. The van der Waals surface area contributed by atoms with Crippen molar-refractivity contribution < 1.29 is 19.1 Å². The van der Waals surface area contributed by atoms with Crippen molar-refractivity contribution in [3.05, 3.63) is 33.8 Å². The third kappa shape index (κ3) is 1.68. The quantitative estimate of drug-likeness (QED) is 0.856. The SMILES string of the molecule is COc1cc2c(Br)cc3c(c2cc1OC)C(=O)NC3=O. The van der Waals surface area contributed by atoms with Gasteiger partial charge in [0.15, 0.2) is 11.5 Å². The lowest BCUT2D eigenvalue weighted by atomic mass is 9.99. The maximum absolute atomic E-state index is 11.9. The number of carbonyl (C=O) groups is 2. The summed E-state index contributed by atoms with van der Waals surface area (Å²) in [7, 11) is 3.06. The molecule has 3 rings (SSSR count). The summed E-state index contributed by atoms with van der Waals surface area (Å²) in [5.41, 5.74) is 0.732. The van der Waals surface area contributed by atoms with Gasteiger partial charge in [-0.15, -0.1) is 0 Å². The van der Waals surface area contributed by atoms with E-state index in [9.17, 15) is 9.59 Å². The molecule has 20 heavy (non-hydrogen) atoms. The number of fused-ring (bicyclic) bond motifs is 3. The molecule has 6 heteroatoms. The van der Waals surface area contributed by atoms with E-state index in [4.69, 9.17) is 9.47 Å². The minimum Gasteiger partial charge on any atom is -0.493 e. The van der Waals surface area contributed by atoms with Crippen molar-refractivity contribution in [1.29, 1.82) is 0 Å². The Balaban J connectivity index is 2.45. The predicted molar refractivity (Wildman–Crippen MR) is 76.5 cm³/mol. The second-order valence-corrected chi connectivity index (χ2v) is 5.17. The molecule has 0 spiro atoms. The number of benzene rings is 2. The lowest BCUT2D eigenvalue weighted by Crippen LogP contribution is -2.19. The molecule has 2 amide bonds. The van der Waals surface area contributed by atoms with Crippen LogP contribution in [0.5, 0.6) is 11.5 Å². The molecular formula is C14H10BrNO4. The van der Waals surface area contributed by atoms with Crippen LogP contribution in [0.4, 0.5) is 0 Å². The first-order chi connectivity index (χ1) is 9.56. The first-order valence-corrected chi connectivity index (χ1v) is 6.60. The smallest absolute Gasteiger partial charge is 0.259 e. The van der Waals surface area contributed by atoms with E-state index < -0.39 is 5.91 Å². The van der Waals surface area contributed by atoms with Crippen LogP contribution in [-0.2, 0) is 0 Å². The molecule has 0 unspecified atom stereocenters. The summed E-state index contributed by atoms with van der Waals surface area (Å²) < 4.78 is 11.2. The van der Waals surface area contributed by atoms with Crippen LogP contribution in [0, 0.1) is 0 Å². The van der Waals surface area contributed by atoms with Gasteiger partial charge >= 0.3 is 0 Å². The number of carbonyl (C=O) groups excluding carboxylic acids is 2. The molecule has 1 aliphatic heterocycles. The Morgan fingerprint density at radius 2 is 1.55 bits per heavy atom. The summed E-state index contributed by atoms with van der Waals surface area (Å²) in [6.07, 6.45) is 0. The lowest BCUT2D eigenvalue weighted by Gasteiger charge is -2.12. The van der Waals surface area contributed by atoms with Crippen molar-refractivity contribution in [3.63, 3.8) is 0 Å². The van der Waals surface area contributed by atoms with Gasteiger partial charge in [0.25, 0.3) is 11.8 Å². The third-order valence-electron chi connectivity index (χ3n) is 3.29. The van der Waals surface area contributed by atoms with Gasteiger partial charge in [-0.3, -0.25) is 14.9 Å². The number of hydrogen-bond donors (Lipinski definition) is 1. The van der Waals surface area contributed by atoms with Crippen LogP contribution < -0.4 is 14.8 Å². The molecule has 102 valence electrons. The maximum atomic E-state index is 11.9. The van der Waals surface area contributed by atoms with Gasteiger partial charge in [-0.25, -0.2) is 0 Å². The van der Waals surface area contributed by atoms with E-state index in [1.807, 2.05) is 0 Å². The Hall–Kier alpha value is -2.08. The first-order valence-electron chi connectivity index (χ1n) is 5.80. The van der Waals surface area contributed by atoms with E-state index in [0.717, 1.165) is 9.86 Å². The molecule has 5 nitrogen and oxygen atoms in total. The minimum atomic E-state index is -0.394. The zero-order chi connectivity index (χ0) is 14.4. The Morgan fingerprint density at radius 3 is 2.15 bits per heavy atom. The van der Waals surface area contributed by atoms with Gasteiger partial charge in [-0.05, 0) is 18.2 Å². The number of imide groups is 1. The van der Waals surface area contributed by atoms with E-state index in [-0.39, 0.29) is 5.91 Å². The molecule has 0 saturated heterocycles. The van der Waals surface area contributed by atoms with Crippen molar-refractivity contribution in [1.82, 2.24) is 5.32 Å². The van der Waals surface area contributed by atoms with Gasteiger partial charge in [0.2, 0.25) is 0 Å². The molecule has 0 radical (unpaired) electrons. The van der Waals surface area contributed by atoms with Crippen molar-refractivity contribution in [2.24, 2.45) is 0 Å². The number of amides is 2. The fourth-order valence-corrected chi connectivity index (χ4v) is 2.92. The molecule has 0 atom stereocenters. The Morgan fingerprint density at radius 1 is 0.950 bits per heavy atom. The largest absolute Gasteiger partial charge is 0.493 e. The molecule has 1 aliphatic rings. The highest BCUT2D eigenvalue weighted by atomic mass is 79.9. The predicted octanol–water partition coefficient (Wildman–Crippen LogP) is 2.50. The average molecular weight is 336 g/mol. The van der Waals surface area contributed by atoms with Crippen molar-refractivity contribution in [2.45, 2.75) is 0 Å². The summed E-state index contributed by atoms with van der Waals surface area (Å²) in [6, 6.07) is 5.12. The maximum Gasteiger partial charge on any atom is 0.259 e. The van der Waals surface area contributed by atoms with E-state index in [0.29, 0.717) is 28.0 Å². The number of halogens is 1. The number of ether oxygens (including phenoxy) is 2. The fourth-order valence-electron chi connectivity index (χ4n) is 2.36. The van der Waals surface area contributed by atoms with Crippen LogP contribution in [0.1, 0.15) is 20.7 Å². The van der Waals surface area contributed by atoms with Crippen molar-refractivity contribution >= 4 is 38.5 Å².